The maximum atomic E-state index is 6.19. The van der Waals surface area contributed by atoms with E-state index in [1.54, 1.807) is 0 Å². The summed E-state index contributed by atoms with van der Waals surface area (Å²) in [5, 5.41) is 3.45. The number of aryl methyl sites for hydroxylation is 1. The molecular formula is C26H24N2O. The summed E-state index contributed by atoms with van der Waals surface area (Å²) in [6.07, 6.45) is 3.57. The molecule has 0 fully saturated rings. The Morgan fingerprint density at radius 3 is 2.14 bits per heavy atom. The molecule has 0 saturated carbocycles. The highest BCUT2D eigenvalue weighted by molar-refractivity contribution is 5.76. The minimum Gasteiger partial charge on any atom is -0.440 e. The van der Waals surface area contributed by atoms with Crippen LogP contribution in [-0.2, 0) is 6.42 Å². The van der Waals surface area contributed by atoms with E-state index in [1.807, 2.05) is 42.5 Å². The second-order valence-corrected chi connectivity index (χ2v) is 6.87. The second kappa shape index (κ2) is 9.07. The summed E-state index contributed by atoms with van der Waals surface area (Å²) in [4.78, 5) is 4.82. The molecule has 1 aromatic heterocycles. The Labute approximate surface area is 171 Å². The van der Waals surface area contributed by atoms with Gasteiger partial charge in [-0.3, -0.25) is 0 Å². The van der Waals surface area contributed by atoms with Crippen molar-refractivity contribution in [2.75, 3.05) is 11.9 Å². The number of oxazole rings is 1. The maximum Gasteiger partial charge on any atom is 0.195 e. The van der Waals surface area contributed by atoms with Gasteiger partial charge in [0, 0.05) is 29.8 Å². The van der Waals surface area contributed by atoms with Crippen LogP contribution in [0, 0.1) is 0 Å². The first-order chi connectivity index (χ1) is 14.3. The van der Waals surface area contributed by atoms with Crippen molar-refractivity contribution < 1.29 is 4.42 Å². The molecule has 4 rings (SSSR count). The lowest BCUT2D eigenvalue weighted by atomic mass is 10.1. The average molecular weight is 380 g/mol. The summed E-state index contributed by atoms with van der Waals surface area (Å²) in [5.41, 5.74) is 5.25. The fraction of sp³-hybridized carbons (Fsp3) is 0.115. The molecule has 1 N–H and O–H groups in total. The van der Waals surface area contributed by atoms with E-state index in [4.69, 9.17) is 9.40 Å². The van der Waals surface area contributed by atoms with Gasteiger partial charge in [0.1, 0.15) is 5.69 Å². The third-order valence-corrected chi connectivity index (χ3v) is 4.80. The number of nitrogens with one attached hydrogen (secondary N) is 1. The predicted octanol–water partition coefficient (Wildman–Crippen LogP) is 6.70. The summed E-state index contributed by atoms with van der Waals surface area (Å²) in [5.74, 6) is 1.60. The Morgan fingerprint density at radius 1 is 0.828 bits per heavy atom. The predicted molar refractivity (Wildman–Crippen MR) is 121 cm³/mol. The van der Waals surface area contributed by atoms with E-state index in [-0.39, 0.29) is 0 Å². The lowest BCUT2D eigenvalue weighted by Gasteiger charge is -2.05. The lowest BCUT2D eigenvalue weighted by molar-refractivity contribution is 0.501. The molecule has 3 heteroatoms. The first-order valence-electron chi connectivity index (χ1n) is 9.90. The van der Waals surface area contributed by atoms with Crippen molar-refractivity contribution in [3.8, 4) is 22.6 Å². The molecule has 4 aromatic rings. The molecule has 3 nitrogen and oxygen atoms in total. The van der Waals surface area contributed by atoms with Gasteiger partial charge >= 0.3 is 0 Å². The molecule has 0 bridgehead atoms. The van der Waals surface area contributed by atoms with Gasteiger partial charge in [-0.25, -0.2) is 4.98 Å². The summed E-state index contributed by atoms with van der Waals surface area (Å²) < 4.78 is 6.19. The van der Waals surface area contributed by atoms with Crippen molar-refractivity contribution in [2.24, 2.45) is 0 Å². The van der Waals surface area contributed by atoms with E-state index < -0.39 is 0 Å². The number of anilines is 1. The molecule has 0 radical (unpaired) electrons. The van der Waals surface area contributed by atoms with Crippen molar-refractivity contribution in [1.29, 1.82) is 0 Å². The van der Waals surface area contributed by atoms with Crippen LogP contribution in [0.1, 0.15) is 17.9 Å². The minimum absolute atomic E-state index is 0.770. The zero-order valence-electron chi connectivity index (χ0n) is 16.3. The van der Waals surface area contributed by atoms with E-state index in [1.165, 1.54) is 0 Å². The second-order valence-electron chi connectivity index (χ2n) is 6.87. The van der Waals surface area contributed by atoms with Crippen LogP contribution in [0.15, 0.2) is 95.9 Å². The quantitative estimate of drug-likeness (QED) is 0.346. The Hall–Kier alpha value is -3.59. The lowest BCUT2D eigenvalue weighted by Crippen LogP contribution is -2.03. The smallest absolute Gasteiger partial charge is 0.195 e. The molecule has 0 aliphatic carbocycles. The molecule has 1 heterocycles. The van der Waals surface area contributed by atoms with E-state index in [0.29, 0.717) is 0 Å². The van der Waals surface area contributed by atoms with Crippen LogP contribution in [-0.4, -0.2) is 11.5 Å². The van der Waals surface area contributed by atoms with Crippen LogP contribution in [0.4, 0.5) is 5.69 Å². The first-order valence-corrected chi connectivity index (χ1v) is 9.90. The van der Waals surface area contributed by atoms with Crippen LogP contribution in [0.2, 0.25) is 0 Å². The molecule has 0 aliphatic heterocycles. The van der Waals surface area contributed by atoms with Gasteiger partial charge in [-0.2, -0.15) is 0 Å². The number of rotatable bonds is 8. The zero-order chi connectivity index (χ0) is 19.9. The van der Waals surface area contributed by atoms with E-state index in [2.05, 4.69) is 60.4 Å². The van der Waals surface area contributed by atoms with Gasteiger partial charge in [-0.15, -0.1) is 0 Å². The molecule has 29 heavy (non-hydrogen) atoms. The Kier molecular flexibility index (Phi) is 5.87. The fourth-order valence-electron chi connectivity index (χ4n) is 3.26. The number of benzene rings is 3. The number of hydrogen-bond donors (Lipinski definition) is 1. The summed E-state index contributed by atoms with van der Waals surface area (Å²) >= 11 is 0. The molecule has 0 unspecified atom stereocenters. The summed E-state index contributed by atoms with van der Waals surface area (Å²) in [6.45, 7) is 4.64. The van der Waals surface area contributed by atoms with Gasteiger partial charge in [0.25, 0.3) is 0 Å². The monoisotopic (exact) mass is 380 g/mol. The van der Waals surface area contributed by atoms with Crippen molar-refractivity contribution >= 4 is 11.8 Å². The Balaban J connectivity index is 1.46. The summed E-state index contributed by atoms with van der Waals surface area (Å²) in [7, 11) is 0. The fourth-order valence-corrected chi connectivity index (χ4v) is 3.26. The summed E-state index contributed by atoms with van der Waals surface area (Å²) in [6, 6.07) is 28.6. The van der Waals surface area contributed by atoms with Crippen molar-refractivity contribution in [2.45, 2.75) is 12.8 Å². The van der Waals surface area contributed by atoms with Crippen molar-refractivity contribution in [3.05, 3.63) is 103 Å². The number of nitrogens with zero attached hydrogens (tertiary/aromatic N) is 1. The Morgan fingerprint density at radius 2 is 1.48 bits per heavy atom. The first kappa shape index (κ1) is 18.8. The molecule has 0 amide bonds. The SMILES string of the molecule is C=Cc1ccc(NCCCc2nc(-c3ccccc3)c(-c3ccccc3)o2)cc1. The van der Waals surface area contributed by atoms with Gasteiger partial charge in [0.15, 0.2) is 11.7 Å². The van der Waals surface area contributed by atoms with Crippen LogP contribution >= 0.6 is 0 Å². The van der Waals surface area contributed by atoms with Crippen LogP contribution in [0.25, 0.3) is 28.7 Å². The highest BCUT2D eigenvalue weighted by atomic mass is 16.4. The van der Waals surface area contributed by atoms with Crippen molar-refractivity contribution in [3.63, 3.8) is 0 Å². The van der Waals surface area contributed by atoms with Crippen LogP contribution in [0.5, 0.6) is 0 Å². The minimum atomic E-state index is 0.770. The number of aromatic nitrogens is 1. The van der Waals surface area contributed by atoms with Gasteiger partial charge in [-0.1, -0.05) is 85.5 Å². The molecule has 0 saturated heterocycles. The molecule has 0 aliphatic rings. The largest absolute Gasteiger partial charge is 0.440 e. The van der Waals surface area contributed by atoms with Gasteiger partial charge in [0.2, 0.25) is 0 Å². The van der Waals surface area contributed by atoms with E-state index in [9.17, 15) is 0 Å². The van der Waals surface area contributed by atoms with Crippen LogP contribution in [0.3, 0.4) is 0 Å². The zero-order valence-corrected chi connectivity index (χ0v) is 16.3. The molecule has 144 valence electrons. The molecule has 0 spiro atoms. The van der Waals surface area contributed by atoms with Gasteiger partial charge in [-0.05, 0) is 24.1 Å². The van der Waals surface area contributed by atoms with Gasteiger partial charge < -0.3 is 9.73 Å². The topological polar surface area (TPSA) is 38.1 Å². The molecule has 3 aromatic carbocycles. The highest BCUT2D eigenvalue weighted by Gasteiger charge is 2.16. The molecule has 0 atom stereocenters. The van der Waals surface area contributed by atoms with Crippen molar-refractivity contribution in [1.82, 2.24) is 4.98 Å². The third kappa shape index (κ3) is 4.64. The standard InChI is InChI=1S/C26H24N2O/c1-2-20-15-17-23(18-16-20)27-19-9-14-24-28-25(21-10-5-3-6-11-21)26(29-24)22-12-7-4-8-13-22/h2-8,10-13,15-18,27H,1,9,14,19H2. The normalized spacial score (nSPS) is 10.6. The Bertz CT molecular complexity index is 994. The van der Waals surface area contributed by atoms with E-state index >= 15 is 0 Å². The third-order valence-electron chi connectivity index (χ3n) is 4.80. The number of hydrogen-bond acceptors (Lipinski definition) is 3. The average Bonchev–Trinajstić information content (AvgIpc) is 3.23. The van der Waals surface area contributed by atoms with Crippen LogP contribution < -0.4 is 5.32 Å². The highest BCUT2D eigenvalue weighted by Crippen LogP contribution is 2.32. The van der Waals surface area contributed by atoms with E-state index in [0.717, 1.165) is 59.1 Å². The maximum absolute atomic E-state index is 6.19. The molecular weight excluding hydrogens is 356 g/mol. The van der Waals surface area contributed by atoms with Gasteiger partial charge in [0.05, 0.1) is 0 Å².